The van der Waals surface area contributed by atoms with Crippen molar-refractivity contribution in [3.8, 4) is 0 Å². The van der Waals surface area contributed by atoms with E-state index < -0.39 is 0 Å². The van der Waals surface area contributed by atoms with E-state index in [1.165, 1.54) is 6.33 Å². The Balaban J connectivity index is 2.28. The summed E-state index contributed by atoms with van der Waals surface area (Å²) >= 11 is 0. The monoisotopic (exact) mass is 111 g/mol. The smallest absolute Gasteiger partial charge is 0.175 e. The second-order valence-electron chi connectivity index (χ2n) is 1.66. The molecule has 8 heavy (non-hydrogen) atoms. The van der Waals surface area contributed by atoms with E-state index in [1.54, 1.807) is 11.0 Å². The van der Waals surface area contributed by atoms with Gasteiger partial charge in [-0.2, -0.15) is 5.10 Å². The molecular formula is C4H5N3O. The molecule has 2 rings (SSSR count). The van der Waals surface area contributed by atoms with Gasteiger partial charge in [0.25, 0.3) is 0 Å². The average molecular weight is 111 g/mol. The fraction of sp³-hybridized carbons (Fsp3) is 0.500. The van der Waals surface area contributed by atoms with E-state index in [0.29, 0.717) is 0 Å². The molecule has 0 saturated carbocycles. The lowest BCUT2D eigenvalue weighted by Gasteiger charge is -1.85. The van der Waals surface area contributed by atoms with Crippen LogP contribution in [-0.4, -0.2) is 21.4 Å². The molecule has 0 amide bonds. The first kappa shape index (κ1) is 4.03. The van der Waals surface area contributed by atoms with Crippen LogP contribution < -0.4 is 0 Å². The van der Waals surface area contributed by atoms with Gasteiger partial charge in [-0.05, 0) is 0 Å². The van der Waals surface area contributed by atoms with Crippen molar-refractivity contribution in [3.63, 3.8) is 0 Å². The molecule has 1 aliphatic heterocycles. The first-order chi connectivity index (χ1) is 3.97. The maximum atomic E-state index is 4.91. The van der Waals surface area contributed by atoms with Gasteiger partial charge in [0.1, 0.15) is 12.7 Å². The highest BCUT2D eigenvalue weighted by molar-refractivity contribution is 4.67. The number of nitrogens with zero attached hydrogens (tertiary/aromatic N) is 3. The van der Waals surface area contributed by atoms with Gasteiger partial charge in [-0.3, -0.25) is 0 Å². The summed E-state index contributed by atoms with van der Waals surface area (Å²) in [5, 5.41) is 3.86. The Bertz CT molecular complexity index is 167. The van der Waals surface area contributed by atoms with Crippen LogP contribution in [0.3, 0.4) is 0 Å². The Hall–Kier alpha value is -0.900. The number of hydrogen-bond acceptors (Lipinski definition) is 3. The molecule has 0 bridgehead atoms. The molecule has 0 radical (unpaired) electrons. The minimum atomic E-state index is 0.178. The molecular weight excluding hydrogens is 106 g/mol. The lowest BCUT2D eigenvalue weighted by atomic mass is 10.8. The van der Waals surface area contributed by atoms with Gasteiger partial charge in [-0.25, -0.2) is 9.67 Å². The third-order valence-corrected chi connectivity index (χ3v) is 1.05. The number of aromatic nitrogens is 3. The van der Waals surface area contributed by atoms with Crippen LogP contribution in [0.15, 0.2) is 12.7 Å². The van der Waals surface area contributed by atoms with Crippen LogP contribution in [0.1, 0.15) is 6.23 Å². The summed E-state index contributed by atoms with van der Waals surface area (Å²) in [4.78, 5) is 3.76. The third-order valence-electron chi connectivity index (χ3n) is 1.05. The van der Waals surface area contributed by atoms with Crippen LogP contribution in [0.5, 0.6) is 0 Å². The highest BCUT2D eigenvalue weighted by atomic mass is 16.6. The maximum Gasteiger partial charge on any atom is 0.175 e. The first-order valence-corrected chi connectivity index (χ1v) is 2.42. The van der Waals surface area contributed by atoms with Crippen LogP contribution >= 0.6 is 0 Å². The van der Waals surface area contributed by atoms with Crippen molar-refractivity contribution in [2.75, 3.05) is 6.61 Å². The van der Waals surface area contributed by atoms with E-state index in [0.717, 1.165) is 6.61 Å². The molecule has 4 nitrogen and oxygen atoms in total. The largest absolute Gasteiger partial charge is 0.349 e. The van der Waals surface area contributed by atoms with Crippen molar-refractivity contribution in [1.82, 2.24) is 14.8 Å². The molecule has 1 unspecified atom stereocenters. The summed E-state index contributed by atoms with van der Waals surface area (Å²) in [5.74, 6) is 0. The predicted molar refractivity (Wildman–Crippen MR) is 25.0 cm³/mol. The van der Waals surface area contributed by atoms with Gasteiger partial charge >= 0.3 is 0 Å². The maximum absolute atomic E-state index is 4.91. The Labute approximate surface area is 46.1 Å². The number of ether oxygens (including phenoxy) is 1. The quantitative estimate of drug-likeness (QED) is 0.471. The number of hydrogen-bond donors (Lipinski definition) is 0. The van der Waals surface area contributed by atoms with Gasteiger partial charge in [-0.15, -0.1) is 0 Å². The molecule has 0 aromatic carbocycles. The molecule has 0 N–H and O–H groups in total. The average Bonchev–Trinajstić information content (AvgIpc) is 2.49. The Morgan fingerprint density at radius 3 is 3.12 bits per heavy atom. The summed E-state index contributed by atoms with van der Waals surface area (Å²) in [6.45, 7) is 0.781. The second kappa shape index (κ2) is 1.29. The summed E-state index contributed by atoms with van der Waals surface area (Å²) in [6.07, 6.45) is 3.33. The van der Waals surface area contributed by atoms with E-state index in [9.17, 15) is 0 Å². The third kappa shape index (κ3) is 0.500. The number of epoxide rings is 1. The zero-order valence-corrected chi connectivity index (χ0v) is 4.19. The molecule has 42 valence electrons. The lowest BCUT2D eigenvalue weighted by molar-refractivity contribution is 0.335. The summed E-state index contributed by atoms with van der Waals surface area (Å²) in [6, 6.07) is 0. The van der Waals surface area contributed by atoms with Gasteiger partial charge in [-0.1, -0.05) is 0 Å². The van der Waals surface area contributed by atoms with Gasteiger partial charge < -0.3 is 4.74 Å². The fourth-order valence-electron chi connectivity index (χ4n) is 0.562. The first-order valence-electron chi connectivity index (χ1n) is 2.42. The van der Waals surface area contributed by atoms with Crippen LogP contribution in [0.4, 0.5) is 0 Å². The minimum Gasteiger partial charge on any atom is -0.349 e. The zero-order chi connectivity index (χ0) is 5.40. The van der Waals surface area contributed by atoms with E-state index in [4.69, 9.17) is 4.74 Å². The molecule has 1 fully saturated rings. The van der Waals surface area contributed by atoms with Crippen LogP contribution in [0.2, 0.25) is 0 Å². The molecule has 1 aromatic rings. The second-order valence-corrected chi connectivity index (χ2v) is 1.66. The molecule has 1 atom stereocenters. The molecule has 0 aliphatic carbocycles. The van der Waals surface area contributed by atoms with Crippen molar-refractivity contribution in [2.45, 2.75) is 6.23 Å². The van der Waals surface area contributed by atoms with Crippen molar-refractivity contribution in [2.24, 2.45) is 0 Å². The van der Waals surface area contributed by atoms with Crippen LogP contribution in [0, 0.1) is 0 Å². The highest BCUT2D eigenvalue weighted by Gasteiger charge is 2.24. The van der Waals surface area contributed by atoms with Gasteiger partial charge in [0, 0.05) is 0 Å². The summed E-state index contributed by atoms with van der Waals surface area (Å²) in [7, 11) is 0. The van der Waals surface area contributed by atoms with E-state index in [1.807, 2.05) is 0 Å². The van der Waals surface area contributed by atoms with Crippen LogP contribution in [0.25, 0.3) is 0 Å². The minimum absolute atomic E-state index is 0.178. The van der Waals surface area contributed by atoms with Crippen molar-refractivity contribution in [3.05, 3.63) is 12.7 Å². The van der Waals surface area contributed by atoms with Crippen LogP contribution in [-0.2, 0) is 4.74 Å². The van der Waals surface area contributed by atoms with E-state index in [-0.39, 0.29) is 6.23 Å². The SMILES string of the molecule is c1ncn(C2CO2)n1. The van der Waals surface area contributed by atoms with Crippen molar-refractivity contribution in [1.29, 1.82) is 0 Å². The number of rotatable bonds is 1. The lowest BCUT2D eigenvalue weighted by Crippen LogP contribution is -1.93. The molecule has 0 spiro atoms. The Morgan fingerprint density at radius 2 is 2.62 bits per heavy atom. The topological polar surface area (TPSA) is 43.2 Å². The summed E-state index contributed by atoms with van der Waals surface area (Å²) in [5.41, 5.74) is 0. The van der Waals surface area contributed by atoms with Gasteiger partial charge in [0.15, 0.2) is 6.23 Å². The van der Waals surface area contributed by atoms with Crippen molar-refractivity contribution >= 4 is 0 Å². The molecule has 1 aromatic heterocycles. The standard InChI is InChI=1S/C4H5N3O/c1-4(8-1)7-3-5-2-6-7/h2-4H,1H2. The van der Waals surface area contributed by atoms with Crippen molar-refractivity contribution < 1.29 is 4.74 Å². The van der Waals surface area contributed by atoms with E-state index >= 15 is 0 Å². The highest BCUT2D eigenvalue weighted by Crippen LogP contribution is 2.19. The molecule has 2 heterocycles. The van der Waals surface area contributed by atoms with Gasteiger partial charge in [0.05, 0.1) is 6.61 Å². The van der Waals surface area contributed by atoms with Gasteiger partial charge in [0.2, 0.25) is 0 Å². The Kier molecular flexibility index (Phi) is 0.648. The molecule has 4 heteroatoms. The predicted octanol–water partition coefficient (Wildman–Crippen LogP) is -0.193. The molecule has 1 saturated heterocycles. The normalized spacial score (nSPS) is 25.8. The fourth-order valence-corrected chi connectivity index (χ4v) is 0.562. The zero-order valence-electron chi connectivity index (χ0n) is 4.19. The Morgan fingerprint density at radius 1 is 1.75 bits per heavy atom. The van der Waals surface area contributed by atoms with E-state index in [2.05, 4.69) is 10.1 Å². The summed E-state index contributed by atoms with van der Waals surface area (Å²) < 4.78 is 6.61. The molecule has 1 aliphatic rings.